The molecule has 2 nitrogen and oxygen atoms in total. The molecule has 0 unspecified atom stereocenters. The second kappa shape index (κ2) is 12.5. The summed E-state index contributed by atoms with van der Waals surface area (Å²) in [6, 6.07) is 67.7. The van der Waals surface area contributed by atoms with Crippen LogP contribution in [0.5, 0.6) is 0 Å². The molecule has 1 spiro atoms. The number of rotatable bonds is 6. The average Bonchev–Trinajstić information content (AvgIpc) is 3.67. The van der Waals surface area contributed by atoms with Crippen molar-refractivity contribution in [3.63, 3.8) is 0 Å². The van der Waals surface area contributed by atoms with Gasteiger partial charge in [0.05, 0.1) is 5.41 Å². The van der Waals surface area contributed by atoms with Gasteiger partial charge in [-0.25, -0.2) is 4.39 Å². The maximum atomic E-state index is 14.2. The van der Waals surface area contributed by atoms with Crippen molar-refractivity contribution in [1.29, 1.82) is 0 Å². The Morgan fingerprint density at radius 3 is 1.25 bits per heavy atom. The highest BCUT2D eigenvalue weighted by molar-refractivity contribution is 9.10. The van der Waals surface area contributed by atoms with Gasteiger partial charge in [0.1, 0.15) is 5.82 Å². The van der Waals surface area contributed by atoms with Gasteiger partial charge in [0.2, 0.25) is 0 Å². The Labute approximate surface area is 317 Å². The van der Waals surface area contributed by atoms with E-state index in [1.807, 2.05) is 30.3 Å². The van der Waals surface area contributed by atoms with Crippen molar-refractivity contribution in [2.45, 2.75) is 5.41 Å². The lowest BCUT2D eigenvalue weighted by molar-refractivity contribution is 0.628. The molecule has 0 amide bonds. The molecule has 0 atom stereocenters. The quantitative estimate of drug-likeness (QED) is 0.167. The van der Waals surface area contributed by atoms with Gasteiger partial charge in [-0.05, 0) is 123 Å². The number of anilines is 6. The van der Waals surface area contributed by atoms with Crippen LogP contribution in [0.25, 0.3) is 22.3 Å². The fraction of sp³-hybridized carbons (Fsp3) is 0.0204. The molecule has 2 aliphatic carbocycles. The predicted molar refractivity (Wildman–Crippen MR) is 220 cm³/mol. The summed E-state index contributed by atoms with van der Waals surface area (Å²) in [6.07, 6.45) is 0. The van der Waals surface area contributed by atoms with E-state index in [9.17, 15) is 4.39 Å². The monoisotopic (exact) mass is 746 g/mol. The number of halogens is 2. The van der Waals surface area contributed by atoms with Crippen LogP contribution in [0.4, 0.5) is 38.5 Å². The summed E-state index contributed by atoms with van der Waals surface area (Å²) < 4.78 is 15.1. The molecule has 252 valence electrons. The van der Waals surface area contributed by atoms with Crippen molar-refractivity contribution in [2.75, 3.05) is 9.80 Å². The van der Waals surface area contributed by atoms with Gasteiger partial charge in [0.15, 0.2) is 0 Å². The summed E-state index contributed by atoms with van der Waals surface area (Å²) in [4.78, 5) is 4.50. The molecule has 8 aromatic rings. The van der Waals surface area contributed by atoms with Crippen molar-refractivity contribution < 1.29 is 4.39 Å². The zero-order valence-corrected chi connectivity index (χ0v) is 30.2. The fourth-order valence-corrected chi connectivity index (χ4v) is 9.15. The third-order valence-electron chi connectivity index (χ3n) is 10.7. The first-order chi connectivity index (χ1) is 26.1. The van der Waals surface area contributed by atoms with E-state index in [0.29, 0.717) is 0 Å². The summed E-state index contributed by atoms with van der Waals surface area (Å²) in [5, 5.41) is 0. The maximum Gasteiger partial charge on any atom is 0.123 e. The molecule has 10 rings (SSSR count). The molecule has 53 heavy (non-hydrogen) atoms. The highest BCUT2D eigenvalue weighted by Crippen LogP contribution is 2.63. The van der Waals surface area contributed by atoms with E-state index in [0.717, 1.165) is 38.6 Å². The molecule has 0 saturated carbocycles. The Hall–Kier alpha value is -6.23. The Morgan fingerprint density at radius 1 is 0.340 bits per heavy atom. The van der Waals surface area contributed by atoms with Crippen molar-refractivity contribution in [3.8, 4) is 22.3 Å². The highest BCUT2D eigenvalue weighted by Gasteiger charge is 2.51. The van der Waals surface area contributed by atoms with Crippen LogP contribution >= 0.6 is 15.9 Å². The highest BCUT2D eigenvalue weighted by atomic mass is 79.9. The summed E-state index contributed by atoms with van der Waals surface area (Å²) in [7, 11) is 0. The number of fused-ring (bicyclic) bond motifs is 10. The van der Waals surface area contributed by atoms with Crippen LogP contribution in [0.15, 0.2) is 199 Å². The smallest absolute Gasteiger partial charge is 0.123 e. The Morgan fingerprint density at radius 2 is 0.736 bits per heavy atom. The molecule has 8 aromatic carbocycles. The summed E-state index contributed by atoms with van der Waals surface area (Å²) in [5.41, 5.74) is 15.8. The van der Waals surface area contributed by atoms with Crippen molar-refractivity contribution >= 4 is 50.1 Å². The first kappa shape index (κ1) is 31.5. The van der Waals surface area contributed by atoms with Gasteiger partial charge in [-0.2, -0.15) is 0 Å². The van der Waals surface area contributed by atoms with Crippen LogP contribution in [0.3, 0.4) is 0 Å². The van der Waals surface area contributed by atoms with Crippen molar-refractivity contribution in [3.05, 3.63) is 227 Å². The maximum absolute atomic E-state index is 14.2. The number of nitrogens with zero attached hydrogens (tertiary/aromatic N) is 2. The molecule has 0 N–H and O–H groups in total. The van der Waals surface area contributed by atoms with E-state index in [4.69, 9.17) is 0 Å². The first-order valence-corrected chi connectivity index (χ1v) is 18.6. The number of hydrogen-bond donors (Lipinski definition) is 0. The van der Waals surface area contributed by atoms with Crippen LogP contribution in [-0.4, -0.2) is 0 Å². The lowest BCUT2D eigenvalue weighted by Crippen LogP contribution is -2.26. The summed E-state index contributed by atoms with van der Waals surface area (Å²) >= 11 is 3.89. The van der Waals surface area contributed by atoms with E-state index < -0.39 is 5.41 Å². The molecule has 4 heteroatoms. The Bertz CT molecular complexity index is 2590. The molecule has 0 saturated heterocycles. The minimum atomic E-state index is -0.452. The second-order valence-electron chi connectivity index (χ2n) is 13.6. The Kier molecular flexibility index (Phi) is 7.41. The summed E-state index contributed by atoms with van der Waals surface area (Å²) in [5.74, 6) is -0.268. The standard InChI is InChI=1S/C49H32BrFN2/c50-33-29-39(52(35-13-3-1-4-14-35)37-25-23-34(51)24-26-37)31-40(30-33)53(36-15-5-2-6-16-36)38-27-28-44-43-19-9-12-22-47(43)49(48(44)32-38)45-20-10-7-17-41(45)42-18-8-11-21-46(42)49/h1-32H. The molecule has 2 aliphatic rings. The van der Waals surface area contributed by atoms with Crippen LogP contribution in [-0.2, 0) is 5.41 Å². The topological polar surface area (TPSA) is 6.48 Å². The molecule has 0 bridgehead atoms. The third kappa shape index (κ3) is 4.90. The largest absolute Gasteiger partial charge is 0.310 e. The molecule has 0 aliphatic heterocycles. The predicted octanol–water partition coefficient (Wildman–Crippen LogP) is 13.9. The average molecular weight is 748 g/mol. The molecule has 0 aromatic heterocycles. The zero-order valence-electron chi connectivity index (χ0n) is 28.6. The van der Waals surface area contributed by atoms with Gasteiger partial charge in [0.25, 0.3) is 0 Å². The zero-order chi connectivity index (χ0) is 35.5. The Balaban J connectivity index is 1.21. The minimum Gasteiger partial charge on any atom is -0.310 e. The van der Waals surface area contributed by atoms with E-state index in [1.54, 1.807) is 0 Å². The first-order valence-electron chi connectivity index (χ1n) is 17.8. The molecular formula is C49H32BrFN2. The van der Waals surface area contributed by atoms with Crippen LogP contribution in [0, 0.1) is 5.82 Å². The van der Waals surface area contributed by atoms with Gasteiger partial charge in [-0.15, -0.1) is 0 Å². The fourth-order valence-electron chi connectivity index (χ4n) is 8.68. The van der Waals surface area contributed by atoms with Gasteiger partial charge in [0, 0.05) is 38.6 Å². The van der Waals surface area contributed by atoms with Crippen LogP contribution in [0.1, 0.15) is 22.3 Å². The van der Waals surface area contributed by atoms with Crippen LogP contribution < -0.4 is 9.80 Å². The lowest BCUT2D eigenvalue weighted by atomic mass is 9.70. The SMILES string of the molecule is Fc1ccc(N(c2ccccc2)c2cc(Br)cc(N(c3ccccc3)c3ccc4c(c3)C3(c5ccccc5-c5ccccc53)c3ccccc3-4)c2)cc1. The van der Waals surface area contributed by atoms with Crippen molar-refractivity contribution in [2.24, 2.45) is 0 Å². The van der Waals surface area contributed by atoms with Gasteiger partial charge in [-0.3, -0.25) is 0 Å². The molecule has 0 heterocycles. The molecule has 0 fully saturated rings. The summed E-state index contributed by atoms with van der Waals surface area (Å²) in [6.45, 7) is 0. The van der Waals surface area contributed by atoms with E-state index >= 15 is 0 Å². The van der Waals surface area contributed by atoms with E-state index in [1.165, 1.54) is 56.6 Å². The second-order valence-corrected chi connectivity index (χ2v) is 14.5. The van der Waals surface area contributed by atoms with Gasteiger partial charge >= 0.3 is 0 Å². The number of para-hydroxylation sites is 2. The third-order valence-corrected chi connectivity index (χ3v) is 11.2. The van der Waals surface area contributed by atoms with E-state index in [-0.39, 0.29) is 5.82 Å². The van der Waals surface area contributed by atoms with Gasteiger partial charge < -0.3 is 9.80 Å². The normalized spacial score (nSPS) is 12.9. The number of hydrogen-bond acceptors (Lipinski definition) is 2. The van der Waals surface area contributed by atoms with Crippen LogP contribution in [0.2, 0.25) is 0 Å². The minimum absolute atomic E-state index is 0.268. The number of benzene rings is 8. The molecule has 0 radical (unpaired) electrons. The molecular weight excluding hydrogens is 715 g/mol. The lowest BCUT2D eigenvalue weighted by Gasteiger charge is -2.33. The van der Waals surface area contributed by atoms with Gasteiger partial charge in [-0.1, -0.05) is 131 Å². The van der Waals surface area contributed by atoms with Crippen molar-refractivity contribution in [1.82, 2.24) is 0 Å². The van der Waals surface area contributed by atoms with E-state index in [2.05, 4.69) is 177 Å².